The van der Waals surface area contributed by atoms with E-state index in [2.05, 4.69) is 20.4 Å². The summed E-state index contributed by atoms with van der Waals surface area (Å²) < 4.78 is 11.1. The highest BCUT2D eigenvalue weighted by atomic mass is 16.5. The van der Waals surface area contributed by atoms with Crippen LogP contribution in [0.3, 0.4) is 0 Å². The van der Waals surface area contributed by atoms with Crippen LogP contribution in [-0.2, 0) is 6.54 Å². The van der Waals surface area contributed by atoms with Crippen LogP contribution in [-0.4, -0.2) is 21.2 Å². The molecule has 3 heterocycles. The minimum absolute atomic E-state index is 0.0383. The van der Waals surface area contributed by atoms with Crippen molar-refractivity contribution in [3.8, 4) is 17.0 Å². The third kappa shape index (κ3) is 3.96. The average Bonchev–Trinajstić information content (AvgIpc) is 2.93. The number of rotatable bonds is 6. The Morgan fingerprint density at radius 1 is 1.24 bits per heavy atom. The van der Waals surface area contributed by atoms with Gasteiger partial charge in [0.1, 0.15) is 5.76 Å². The molecule has 25 heavy (non-hydrogen) atoms. The summed E-state index contributed by atoms with van der Waals surface area (Å²) in [4.78, 5) is 8.64. The summed E-state index contributed by atoms with van der Waals surface area (Å²) in [5.74, 6) is 1.35. The molecule has 3 rings (SSSR count). The summed E-state index contributed by atoms with van der Waals surface area (Å²) in [7, 11) is 0. The van der Waals surface area contributed by atoms with Crippen molar-refractivity contribution in [1.29, 1.82) is 0 Å². The molecule has 0 amide bonds. The first-order valence-electron chi connectivity index (χ1n) is 8.27. The molecular formula is C19H22N4O2. The van der Waals surface area contributed by atoms with E-state index < -0.39 is 0 Å². The Bertz CT molecular complexity index is 824. The molecule has 0 aromatic carbocycles. The molecule has 0 unspecified atom stereocenters. The Balaban J connectivity index is 1.93. The zero-order valence-electron chi connectivity index (χ0n) is 14.9. The third-order valence-corrected chi connectivity index (χ3v) is 3.73. The molecule has 0 bridgehead atoms. The van der Waals surface area contributed by atoms with Gasteiger partial charge in [-0.15, -0.1) is 0 Å². The van der Waals surface area contributed by atoms with Crippen molar-refractivity contribution in [3.05, 3.63) is 53.8 Å². The van der Waals surface area contributed by atoms with Gasteiger partial charge in [-0.3, -0.25) is 4.98 Å². The van der Waals surface area contributed by atoms with Gasteiger partial charge in [-0.25, -0.2) is 4.98 Å². The van der Waals surface area contributed by atoms with E-state index in [0.29, 0.717) is 12.4 Å². The first kappa shape index (κ1) is 17.0. The van der Waals surface area contributed by atoms with Crippen LogP contribution in [0.4, 0.5) is 5.69 Å². The van der Waals surface area contributed by atoms with E-state index in [-0.39, 0.29) is 6.10 Å². The van der Waals surface area contributed by atoms with Crippen LogP contribution in [0.5, 0.6) is 5.88 Å². The minimum Gasteiger partial charge on any atom is -0.473 e. The van der Waals surface area contributed by atoms with Gasteiger partial charge in [-0.05, 0) is 45.4 Å². The maximum absolute atomic E-state index is 5.84. The molecule has 0 aliphatic rings. The second-order valence-corrected chi connectivity index (χ2v) is 6.16. The summed E-state index contributed by atoms with van der Waals surface area (Å²) in [5, 5.41) is 7.42. The standard InChI is InChI=1S/C19H22N4O2/c1-12(2)24-19-17(21-10-15-6-5-7-20-9-15)8-16(11-22-19)18-13(3)23-25-14(18)4/h5-9,11-12,21H,10H2,1-4H3. The quantitative estimate of drug-likeness (QED) is 0.728. The Hall–Kier alpha value is -2.89. The number of nitrogens with one attached hydrogen (secondary N) is 1. The van der Waals surface area contributed by atoms with E-state index in [9.17, 15) is 0 Å². The molecule has 6 heteroatoms. The van der Waals surface area contributed by atoms with Gasteiger partial charge in [-0.1, -0.05) is 11.2 Å². The van der Waals surface area contributed by atoms with Crippen LogP contribution in [0.2, 0.25) is 0 Å². The number of pyridine rings is 2. The number of aromatic nitrogens is 3. The first-order valence-corrected chi connectivity index (χ1v) is 8.27. The Kier molecular flexibility index (Phi) is 4.97. The number of hydrogen-bond donors (Lipinski definition) is 1. The highest BCUT2D eigenvalue weighted by Crippen LogP contribution is 2.32. The molecular weight excluding hydrogens is 316 g/mol. The number of anilines is 1. The number of hydrogen-bond acceptors (Lipinski definition) is 6. The van der Waals surface area contributed by atoms with Crippen molar-refractivity contribution in [2.45, 2.75) is 40.3 Å². The lowest BCUT2D eigenvalue weighted by molar-refractivity contribution is 0.234. The highest BCUT2D eigenvalue weighted by Gasteiger charge is 2.15. The van der Waals surface area contributed by atoms with Gasteiger partial charge in [0, 0.05) is 36.3 Å². The van der Waals surface area contributed by atoms with Crippen LogP contribution in [0.1, 0.15) is 30.9 Å². The molecule has 3 aromatic heterocycles. The Morgan fingerprint density at radius 3 is 2.72 bits per heavy atom. The second-order valence-electron chi connectivity index (χ2n) is 6.16. The molecule has 130 valence electrons. The fourth-order valence-corrected chi connectivity index (χ4v) is 2.63. The molecule has 0 saturated carbocycles. The fraction of sp³-hybridized carbons (Fsp3) is 0.316. The molecule has 0 aliphatic heterocycles. The van der Waals surface area contributed by atoms with Gasteiger partial charge in [0.2, 0.25) is 5.88 Å². The van der Waals surface area contributed by atoms with Gasteiger partial charge in [0.15, 0.2) is 0 Å². The van der Waals surface area contributed by atoms with Gasteiger partial charge in [0.25, 0.3) is 0 Å². The highest BCUT2D eigenvalue weighted by molar-refractivity contribution is 5.72. The maximum Gasteiger partial charge on any atom is 0.237 e. The summed E-state index contributed by atoms with van der Waals surface area (Å²) in [5.41, 5.74) is 4.67. The van der Waals surface area contributed by atoms with Gasteiger partial charge in [0.05, 0.1) is 17.5 Å². The predicted molar refractivity (Wildman–Crippen MR) is 96.5 cm³/mol. The average molecular weight is 338 g/mol. The molecule has 0 radical (unpaired) electrons. The van der Waals surface area contributed by atoms with Gasteiger partial charge >= 0.3 is 0 Å². The smallest absolute Gasteiger partial charge is 0.237 e. The van der Waals surface area contributed by atoms with E-state index in [0.717, 1.165) is 33.8 Å². The molecule has 0 saturated heterocycles. The van der Waals surface area contributed by atoms with Crippen LogP contribution < -0.4 is 10.1 Å². The van der Waals surface area contributed by atoms with Gasteiger partial charge < -0.3 is 14.6 Å². The van der Waals surface area contributed by atoms with E-state index in [1.54, 1.807) is 12.4 Å². The molecule has 0 aliphatic carbocycles. The van der Waals surface area contributed by atoms with E-state index in [4.69, 9.17) is 9.26 Å². The number of aryl methyl sites for hydroxylation is 2. The van der Waals surface area contributed by atoms with Crippen LogP contribution >= 0.6 is 0 Å². The van der Waals surface area contributed by atoms with Gasteiger partial charge in [-0.2, -0.15) is 0 Å². The fourth-order valence-electron chi connectivity index (χ4n) is 2.63. The zero-order chi connectivity index (χ0) is 17.8. The van der Waals surface area contributed by atoms with Crippen molar-refractivity contribution < 1.29 is 9.26 Å². The molecule has 3 aromatic rings. The lowest BCUT2D eigenvalue weighted by Crippen LogP contribution is -2.10. The first-order chi connectivity index (χ1) is 12.0. The summed E-state index contributed by atoms with van der Waals surface area (Å²) in [6.45, 7) is 8.42. The van der Waals surface area contributed by atoms with Crippen LogP contribution in [0.15, 0.2) is 41.3 Å². The number of nitrogens with zero attached hydrogens (tertiary/aromatic N) is 3. The Labute approximate surface area is 147 Å². The summed E-state index contributed by atoms with van der Waals surface area (Å²) >= 11 is 0. The second kappa shape index (κ2) is 7.34. The van der Waals surface area contributed by atoms with Crippen LogP contribution in [0.25, 0.3) is 11.1 Å². The lowest BCUT2D eigenvalue weighted by atomic mass is 10.1. The zero-order valence-corrected chi connectivity index (χ0v) is 14.9. The van der Waals surface area contributed by atoms with Crippen molar-refractivity contribution in [2.24, 2.45) is 0 Å². The van der Waals surface area contributed by atoms with E-state index >= 15 is 0 Å². The molecule has 0 fully saturated rings. The largest absolute Gasteiger partial charge is 0.473 e. The third-order valence-electron chi connectivity index (χ3n) is 3.73. The van der Waals surface area contributed by atoms with Crippen molar-refractivity contribution in [1.82, 2.24) is 15.1 Å². The monoisotopic (exact) mass is 338 g/mol. The van der Waals surface area contributed by atoms with Crippen molar-refractivity contribution in [2.75, 3.05) is 5.32 Å². The molecule has 0 atom stereocenters. The lowest BCUT2D eigenvalue weighted by Gasteiger charge is -2.15. The SMILES string of the molecule is Cc1noc(C)c1-c1cnc(OC(C)C)c(NCc2cccnc2)c1. The molecule has 0 spiro atoms. The topological polar surface area (TPSA) is 73.1 Å². The number of ether oxygens (including phenoxy) is 1. The van der Waals surface area contributed by atoms with Crippen molar-refractivity contribution >= 4 is 5.69 Å². The van der Waals surface area contributed by atoms with Crippen molar-refractivity contribution in [3.63, 3.8) is 0 Å². The maximum atomic E-state index is 5.84. The summed E-state index contributed by atoms with van der Waals surface area (Å²) in [6, 6.07) is 5.96. The van der Waals surface area contributed by atoms with E-state index in [1.807, 2.05) is 52.1 Å². The molecule has 6 nitrogen and oxygen atoms in total. The predicted octanol–water partition coefficient (Wildman–Crippen LogP) is 4.15. The van der Waals surface area contributed by atoms with Crippen LogP contribution in [0, 0.1) is 13.8 Å². The normalized spacial score (nSPS) is 10.9. The van der Waals surface area contributed by atoms with E-state index in [1.165, 1.54) is 0 Å². The molecule has 1 N–H and O–H groups in total. The minimum atomic E-state index is 0.0383. The summed E-state index contributed by atoms with van der Waals surface area (Å²) in [6.07, 6.45) is 5.42. The Morgan fingerprint density at radius 2 is 2.08 bits per heavy atom.